The van der Waals surface area contributed by atoms with Gasteiger partial charge in [0.25, 0.3) is 8.32 Å². The zero-order chi connectivity index (χ0) is 24.5. The molecule has 1 saturated carbocycles. The second kappa shape index (κ2) is 10.1. The van der Waals surface area contributed by atoms with E-state index in [0.29, 0.717) is 29.6 Å². The molecule has 4 rings (SSSR count). The van der Waals surface area contributed by atoms with Crippen molar-refractivity contribution in [3.05, 3.63) is 72.3 Å². The van der Waals surface area contributed by atoms with E-state index >= 15 is 0 Å². The van der Waals surface area contributed by atoms with E-state index in [1.165, 1.54) is 18.4 Å². The van der Waals surface area contributed by atoms with Gasteiger partial charge in [0.1, 0.15) is 0 Å². The van der Waals surface area contributed by atoms with Gasteiger partial charge in [0.15, 0.2) is 0 Å². The van der Waals surface area contributed by atoms with Crippen molar-refractivity contribution in [2.75, 3.05) is 6.61 Å². The molecule has 2 aromatic carbocycles. The molecule has 2 nitrogen and oxygen atoms in total. The van der Waals surface area contributed by atoms with Crippen LogP contribution >= 0.6 is 0 Å². The number of aliphatic hydroxyl groups is 1. The van der Waals surface area contributed by atoms with Crippen LogP contribution in [0.1, 0.15) is 60.3 Å². The van der Waals surface area contributed by atoms with Crippen molar-refractivity contribution in [1.29, 1.82) is 0 Å². The minimum Gasteiger partial charge on any atom is -0.424 e. The fourth-order valence-corrected chi connectivity index (χ4v) is 11.1. The van der Waals surface area contributed by atoms with E-state index in [1.54, 1.807) is 0 Å². The first-order valence-corrected chi connectivity index (χ1v) is 15.3. The highest BCUT2D eigenvalue weighted by Crippen LogP contribution is 2.53. The van der Waals surface area contributed by atoms with Crippen LogP contribution in [0.3, 0.4) is 0 Å². The fraction of sp³-hybridized carbons (Fsp3) is 0.548. The van der Waals surface area contributed by atoms with E-state index in [0.717, 1.165) is 23.2 Å². The molecule has 0 heterocycles. The lowest BCUT2D eigenvalue weighted by Gasteiger charge is -2.51. The number of hydrogen-bond acceptors (Lipinski definition) is 2. The molecule has 0 amide bonds. The molecule has 1 fully saturated rings. The minimum absolute atomic E-state index is 0.233. The topological polar surface area (TPSA) is 40.5 Å². The van der Waals surface area contributed by atoms with Crippen LogP contribution in [0, 0.1) is 35.5 Å². The Labute approximate surface area is 208 Å². The highest BCUT2D eigenvalue weighted by atomic mass is 28.4. The first-order valence-electron chi connectivity index (χ1n) is 13.3. The Morgan fingerprint density at radius 2 is 1.41 bits per heavy atom. The molecule has 0 saturated heterocycles. The molecule has 2 aromatic rings. The number of allylic oxidation sites excluding steroid dienone is 1. The second-order valence-corrected chi connectivity index (χ2v) is 15.8. The van der Waals surface area contributed by atoms with Gasteiger partial charge in [-0.2, -0.15) is 0 Å². The summed E-state index contributed by atoms with van der Waals surface area (Å²) in [6, 6.07) is 20.8. The van der Waals surface area contributed by atoms with Gasteiger partial charge in [-0.25, -0.2) is 0 Å². The standard InChI is InChI=1S/C31H44O2Si/c1-22-16-17-23(2)30-27(29(21-32)24(3)20-28(22)30)18-19-31(4,5)34(33,25-12-8-6-9-13-25)26-14-10-7-11-15-26/h6-15,20,22-23,27-30,32-33H,16-19,21H2,1-5H3/t22-,23-,27+,28-,29+,30-/m0/s1. The Hall–Kier alpha value is -1.68. The lowest BCUT2D eigenvalue weighted by Crippen LogP contribution is -2.65. The van der Waals surface area contributed by atoms with E-state index in [1.807, 2.05) is 12.1 Å². The summed E-state index contributed by atoms with van der Waals surface area (Å²) in [7, 11) is -3.01. The summed E-state index contributed by atoms with van der Waals surface area (Å²) in [5.74, 6) is 3.37. The van der Waals surface area contributed by atoms with Crippen LogP contribution in [0.4, 0.5) is 0 Å². The molecule has 0 bridgehead atoms. The van der Waals surface area contributed by atoms with Gasteiger partial charge in [-0.15, -0.1) is 0 Å². The maximum absolute atomic E-state index is 12.6. The third kappa shape index (κ3) is 4.47. The Bertz CT molecular complexity index is 928. The van der Waals surface area contributed by atoms with Gasteiger partial charge in [0.2, 0.25) is 0 Å². The molecule has 2 aliphatic carbocycles. The van der Waals surface area contributed by atoms with E-state index in [2.05, 4.69) is 89.2 Å². The van der Waals surface area contributed by atoms with E-state index in [4.69, 9.17) is 0 Å². The smallest absolute Gasteiger partial charge is 0.258 e. The Morgan fingerprint density at radius 1 is 0.882 bits per heavy atom. The van der Waals surface area contributed by atoms with Crippen molar-refractivity contribution < 1.29 is 9.90 Å². The summed E-state index contributed by atoms with van der Waals surface area (Å²) in [6.07, 6.45) is 7.12. The van der Waals surface area contributed by atoms with Crippen molar-refractivity contribution in [2.45, 2.75) is 65.3 Å². The fourth-order valence-electron chi connectivity index (χ4n) is 7.37. The van der Waals surface area contributed by atoms with Crippen molar-refractivity contribution in [3.63, 3.8) is 0 Å². The van der Waals surface area contributed by atoms with Crippen LogP contribution in [0.25, 0.3) is 0 Å². The van der Waals surface area contributed by atoms with E-state index < -0.39 is 8.32 Å². The average Bonchev–Trinajstić information content (AvgIpc) is 2.85. The van der Waals surface area contributed by atoms with Gasteiger partial charge in [-0.05, 0) is 71.2 Å². The monoisotopic (exact) mass is 476 g/mol. The molecule has 2 N–H and O–H groups in total. The maximum atomic E-state index is 12.6. The Morgan fingerprint density at radius 3 is 1.94 bits per heavy atom. The average molecular weight is 477 g/mol. The maximum Gasteiger partial charge on any atom is 0.258 e. The summed E-state index contributed by atoms with van der Waals surface area (Å²) < 4.78 is 0. The Kier molecular flexibility index (Phi) is 7.57. The lowest BCUT2D eigenvalue weighted by molar-refractivity contribution is 0.0266. The van der Waals surface area contributed by atoms with Gasteiger partial charge in [-0.3, -0.25) is 0 Å². The second-order valence-electron chi connectivity index (χ2n) is 11.9. The zero-order valence-electron chi connectivity index (χ0n) is 21.7. The number of hydrogen-bond donors (Lipinski definition) is 2. The first-order chi connectivity index (χ1) is 16.2. The summed E-state index contributed by atoms with van der Waals surface area (Å²) in [6.45, 7) is 11.9. The predicted molar refractivity (Wildman–Crippen MR) is 146 cm³/mol. The molecule has 184 valence electrons. The number of rotatable bonds is 7. The quantitative estimate of drug-likeness (QED) is 0.393. The summed E-state index contributed by atoms with van der Waals surface area (Å²) in [5, 5.41) is 12.4. The van der Waals surface area contributed by atoms with Gasteiger partial charge >= 0.3 is 0 Å². The summed E-state index contributed by atoms with van der Waals surface area (Å²) in [4.78, 5) is 12.6. The molecule has 0 spiro atoms. The van der Waals surface area contributed by atoms with Crippen LogP contribution in [-0.4, -0.2) is 24.8 Å². The molecular weight excluding hydrogens is 432 g/mol. The van der Waals surface area contributed by atoms with Crippen molar-refractivity contribution in [3.8, 4) is 0 Å². The van der Waals surface area contributed by atoms with Crippen molar-refractivity contribution in [2.24, 2.45) is 35.5 Å². The third-order valence-corrected chi connectivity index (χ3v) is 14.1. The SMILES string of the molecule is CC1=C[C@@H]2[C@H]([C@H](CCC(C)(C)[Si](O)(c3ccccc3)c3ccccc3)[C@@H]1CO)[C@@H](C)CC[C@@H]2C. The van der Waals surface area contributed by atoms with E-state index in [-0.39, 0.29) is 17.6 Å². The van der Waals surface area contributed by atoms with Crippen molar-refractivity contribution in [1.82, 2.24) is 0 Å². The van der Waals surface area contributed by atoms with Crippen LogP contribution in [0.5, 0.6) is 0 Å². The zero-order valence-corrected chi connectivity index (χ0v) is 22.7. The molecule has 0 aromatic heterocycles. The molecule has 0 radical (unpaired) electrons. The Balaban J connectivity index is 1.68. The number of fused-ring (bicyclic) bond motifs is 1. The largest absolute Gasteiger partial charge is 0.424 e. The van der Waals surface area contributed by atoms with Crippen LogP contribution in [-0.2, 0) is 0 Å². The molecule has 0 unspecified atom stereocenters. The molecule has 34 heavy (non-hydrogen) atoms. The van der Waals surface area contributed by atoms with Gasteiger partial charge < -0.3 is 9.90 Å². The summed E-state index contributed by atoms with van der Waals surface area (Å²) in [5.41, 5.74) is 1.38. The van der Waals surface area contributed by atoms with Gasteiger partial charge in [0.05, 0.1) is 0 Å². The number of benzene rings is 2. The van der Waals surface area contributed by atoms with E-state index in [9.17, 15) is 9.90 Å². The normalized spacial score (nSPS) is 29.9. The molecule has 2 aliphatic rings. The van der Waals surface area contributed by atoms with Crippen LogP contribution in [0.2, 0.25) is 5.04 Å². The minimum atomic E-state index is -3.01. The number of aliphatic hydroxyl groups excluding tert-OH is 1. The van der Waals surface area contributed by atoms with Crippen LogP contribution < -0.4 is 10.4 Å². The predicted octanol–water partition coefficient (Wildman–Crippen LogP) is 5.78. The van der Waals surface area contributed by atoms with Gasteiger partial charge in [-0.1, -0.05) is 106 Å². The molecular formula is C31H44O2Si. The first kappa shape index (κ1) is 25.4. The highest BCUT2D eigenvalue weighted by Gasteiger charge is 2.51. The molecule has 0 aliphatic heterocycles. The lowest BCUT2D eigenvalue weighted by atomic mass is 9.55. The third-order valence-electron chi connectivity index (χ3n) is 9.55. The molecule has 6 atom stereocenters. The molecule has 3 heteroatoms. The van der Waals surface area contributed by atoms with Crippen LogP contribution in [0.15, 0.2) is 72.3 Å². The highest BCUT2D eigenvalue weighted by molar-refractivity contribution is 6.98. The van der Waals surface area contributed by atoms with Crippen molar-refractivity contribution >= 4 is 18.7 Å². The van der Waals surface area contributed by atoms with Gasteiger partial charge in [0, 0.05) is 12.5 Å². The summed E-state index contributed by atoms with van der Waals surface area (Å²) >= 11 is 0.